The average Bonchev–Trinajstić information content (AvgIpc) is 2.90. The van der Waals surface area contributed by atoms with Crippen LogP contribution in [0.15, 0.2) is 54.9 Å². The summed E-state index contributed by atoms with van der Waals surface area (Å²) in [6.07, 6.45) is -3.05. The Morgan fingerprint density at radius 1 is 1.00 bits per heavy atom. The number of alkyl halides is 3. The molecule has 0 bridgehead atoms. The Labute approximate surface area is 117 Å². The number of carbonyl (C=O) groups is 1. The molecule has 106 valence electrons. The predicted octanol–water partition coefficient (Wildman–Crippen LogP) is 3.74. The molecule has 21 heavy (non-hydrogen) atoms. The number of fused-ring (bicyclic) bond motifs is 1. The minimum absolute atomic E-state index is 0.172. The molecule has 0 saturated carbocycles. The van der Waals surface area contributed by atoms with Crippen LogP contribution in [0, 0.1) is 0 Å². The molecule has 2 aromatic carbocycles. The van der Waals surface area contributed by atoms with Crippen LogP contribution in [0.2, 0.25) is 0 Å². The van der Waals surface area contributed by atoms with Gasteiger partial charge in [-0.25, -0.2) is 4.98 Å². The van der Waals surface area contributed by atoms with E-state index in [9.17, 15) is 18.0 Å². The molecule has 0 aliphatic rings. The zero-order valence-corrected chi connectivity index (χ0v) is 10.6. The smallest absolute Gasteiger partial charge is 0.268 e. The summed E-state index contributed by atoms with van der Waals surface area (Å²) in [4.78, 5) is 16.4. The van der Waals surface area contributed by atoms with Gasteiger partial charge in [-0.05, 0) is 36.4 Å². The minimum atomic E-state index is -4.41. The first-order chi connectivity index (χ1) is 9.97. The second-order valence-corrected chi connectivity index (χ2v) is 4.48. The monoisotopic (exact) mass is 290 g/mol. The number of halogens is 3. The van der Waals surface area contributed by atoms with Gasteiger partial charge in [0.1, 0.15) is 6.33 Å². The summed E-state index contributed by atoms with van der Waals surface area (Å²) < 4.78 is 38.8. The van der Waals surface area contributed by atoms with Gasteiger partial charge in [0.2, 0.25) is 0 Å². The lowest BCUT2D eigenvalue weighted by atomic mass is 10.1. The number of aromatic nitrogens is 2. The van der Waals surface area contributed by atoms with Crippen molar-refractivity contribution in [3.8, 4) is 0 Å². The van der Waals surface area contributed by atoms with E-state index >= 15 is 0 Å². The highest BCUT2D eigenvalue weighted by Gasteiger charge is 2.30. The van der Waals surface area contributed by atoms with Crippen LogP contribution in [0.5, 0.6) is 0 Å². The lowest BCUT2D eigenvalue weighted by molar-refractivity contribution is -0.137. The number of hydrogen-bond acceptors (Lipinski definition) is 2. The van der Waals surface area contributed by atoms with E-state index in [1.807, 2.05) is 0 Å². The molecule has 0 amide bonds. The first-order valence-corrected chi connectivity index (χ1v) is 6.11. The van der Waals surface area contributed by atoms with Crippen LogP contribution < -0.4 is 0 Å². The summed E-state index contributed by atoms with van der Waals surface area (Å²) in [5.41, 5.74) is 0.654. The summed E-state index contributed by atoms with van der Waals surface area (Å²) in [6.45, 7) is 0. The van der Waals surface area contributed by atoms with Crippen molar-refractivity contribution in [3.05, 3.63) is 66.0 Å². The topological polar surface area (TPSA) is 34.9 Å². The maximum absolute atomic E-state index is 12.5. The van der Waals surface area contributed by atoms with Crippen molar-refractivity contribution in [2.75, 3.05) is 0 Å². The van der Waals surface area contributed by atoms with E-state index in [4.69, 9.17) is 0 Å². The largest absolute Gasteiger partial charge is 0.416 e. The molecule has 0 spiro atoms. The average molecular weight is 290 g/mol. The molecular weight excluding hydrogens is 281 g/mol. The van der Waals surface area contributed by atoms with Crippen molar-refractivity contribution in [1.82, 2.24) is 9.55 Å². The molecule has 1 heterocycles. The third-order valence-electron chi connectivity index (χ3n) is 3.13. The van der Waals surface area contributed by atoms with Gasteiger partial charge >= 0.3 is 6.18 Å². The number of nitrogens with zero attached hydrogens (tertiary/aromatic N) is 2. The van der Waals surface area contributed by atoms with Gasteiger partial charge in [-0.15, -0.1) is 0 Å². The molecule has 0 aliphatic heterocycles. The molecule has 3 rings (SSSR count). The molecular formula is C15H9F3N2O. The van der Waals surface area contributed by atoms with E-state index in [1.165, 1.54) is 23.0 Å². The second kappa shape index (κ2) is 4.73. The van der Waals surface area contributed by atoms with E-state index in [0.717, 1.165) is 12.1 Å². The first-order valence-electron chi connectivity index (χ1n) is 6.11. The molecule has 1 aromatic heterocycles. The lowest BCUT2D eigenvalue weighted by Gasteiger charge is -2.07. The maximum Gasteiger partial charge on any atom is 0.416 e. The van der Waals surface area contributed by atoms with Gasteiger partial charge in [0.05, 0.1) is 16.6 Å². The molecule has 0 aliphatic carbocycles. The molecule has 3 nitrogen and oxygen atoms in total. The fraction of sp³-hybridized carbons (Fsp3) is 0.0667. The van der Waals surface area contributed by atoms with Crippen LogP contribution in [0.4, 0.5) is 13.2 Å². The molecule has 0 fully saturated rings. The molecule has 6 heteroatoms. The molecule has 0 atom stereocenters. The third kappa shape index (κ3) is 2.40. The summed E-state index contributed by atoms with van der Waals surface area (Å²) in [6, 6.07) is 11.2. The standard InChI is InChI=1S/C15H9F3N2O/c16-15(17,18)11-7-5-10(6-8-11)14(21)20-9-19-12-3-1-2-4-13(12)20/h1-9H. The Kier molecular flexibility index (Phi) is 3.01. The van der Waals surface area contributed by atoms with Crippen molar-refractivity contribution in [2.24, 2.45) is 0 Å². The lowest BCUT2D eigenvalue weighted by Crippen LogP contribution is -2.11. The number of para-hydroxylation sites is 2. The van der Waals surface area contributed by atoms with Gasteiger partial charge in [-0.3, -0.25) is 9.36 Å². The SMILES string of the molecule is O=C(c1ccc(C(F)(F)F)cc1)n1cnc2ccccc21. The number of rotatable bonds is 1. The van der Waals surface area contributed by atoms with Crippen molar-refractivity contribution in [3.63, 3.8) is 0 Å². The van der Waals surface area contributed by atoms with Crippen molar-refractivity contribution >= 4 is 16.9 Å². The Hall–Kier alpha value is -2.63. The molecule has 0 saturated heterocycles. The molecule has 0 radical (unpaired) electrons. The fourth-order valence-electron chi connectivity index (χ4n) is 2.06. The van der Waals surface area contributed by atoms with Crippen LogP contribution >= 0.6 is 0 Å². The van der Waals surface area contributed by atoms with Crippen LogP contribution in [0.1, 0.15) is 15.9 Å². The Morgan fingerprint density at radius 3 is 2.33 bits per heavy atom. The van der Waals surface area contributed by atoms with Crippen molar-refractivity contribution in [2.45, 2.75) is 6.18 Å². The van der Waals surface area contributed by atoms with Crippen LogP contribution in [-0.2, 0) is 6.18 Å². The Balaban J connectivity index is 1.99. The van der Waals surface area contributed by atoms with Crippen molar-refractivity contribution in [1.29, 1.82) is 0 Å². The van der Waals surface area contributed by atoms with Gasteiger partial charge in [-0.1, -0.05) is 12.1 Å². The maximum atomic E-state index is 12.5. The number of carbonyl (C=O) groups excluding carboxylic acids is 1. The van der Waals surface area contributed by atoms with E-state index in [0.29, 0.717) is 11.0 Å². The first kappa shape index (κ1) is 13.4. The van der Waals surface area contributed by atoms with Gasteiger partial charge in [-0.2, -0.15) is 13.2 Å². The van der Waals surface area contributed by atoms with Crippen LogP contribution in [-0.4, -0.2) is 15.5 Å². The minimum Gasteiger partial charge on any atom is -0.268 e. The van der Waals surface area contributed by atoms with E-state index in [2.05, 4.69) is 4.98 Å². The van der Waals surface area contributed by atoms with Gasteiger partial charge < -0.3 is 0 Å². The Morgan fingerprint density at radius 2 is 1.67 bits per heavy atom. The molecule has 3 aromatic rings. The highest BCUT2D eigenvalue weighted by molar-refractivity contribution is 6.01. The van der Waals surface area contributed by atoms with E-state index in [1.54, 1.807) is 24.3 Å². The van der Waals surface area contributed by atoms with Crippen LogP contribution in [0.3, 0.4) is 0 Å². The normalized spacial score (nSPS) is 11.8. The number of hydrogen-bond donors (Lipinski definition) is 0. The number of benzene rings is 2. The summed E-state index contributed by atoms with van der Waals surface area (Å²) in [7, 11) is 0. The third-order valence-corrected chi connectivity index (χ3v) is 3.13. The van der Waals surface area contributed by atoms with Gasteiger partial charge in [0.15, 0.2) is 0 Å². The van der Waals surface area contributed by atoms with Gasteiger partial charge in [0, 0.05) is 5.56 Å². The zero-order valence-electron chi connectivity index (χ0n) is 10.6. The molecule has 0 unspecified atom stereocenters. The highest BCUT2D eigenvalue weighted by atomic mass is 19.4. The fourth-order valence-corrected chi connectivity index (χ4v) is 2.06. The van der Waals surface area contributed by atoms with Crippen molar-refractivity contribution < 1.29 is 18.0 Å². The van der Waals surface area contributed by atoms with E-state index in [-0.39, 0.29) is 5.56 Å². The zero-order chi connectivity index (χ0) is 15.0. The van der Waals surface area contributed by atoms with Gasteiger partial charge in [0.25, 0.3) is 5.91 Å². The Bertz CT molecular complexity index is 804. The number of imidazole rings is 1. The predicted molar refractivity (Wildman–Crippen MR) is 70.9 cm³/mol. The second-order valence-electron chi connectivity index (χ2n) is 4.48. The summed E-state index contributed by atoms with van der Waals surface area (Å²) in [5, 5.41) is 0. The van der Waals surface area contributed by atoms with Crippen LogP contribution in [0.25, 0.3) is 11.0 Å². The summed E-state index contributed by atoms with van der Waals surface area (Å²) in [5.74, 6) is -0.419. The quantitative estimate of drug-likeness (QED) is 0.684. The highest BCUT2D eigenvalue weighted by Crippen LogP contribution is 2.29. The molecule has 0 N–H and O–H groups in total. The van der Waals surface area contributed by atoms with E-state index < -0.39 is 17.6 Å². The summed E-state index contributed by atoms with van der Waals surface area (Å²) >= 11 is 0.